The number of nitrogen functional groups attached to an aromatic ring is 1. The fourth-order valence-electron chi connectivity index (χ4n) is 3.33. The van der Waals surface area contributed by atoms with E-state index in [1.807, 2.05) is 12.1 Å². The molecule has 0 atom stereocenters. The lowest BCUT2D eigenvalue weighted by molar-refractivity contribution is 0.101. The molecule has 0 saturated heterocycles. The second-order valence-corrected chi connectivity index (χ2v) is 5.99. The van der Waals surface area contributed by atoms with E-state index in [2.05, 4.69) is 0 Å². The van der Waals surface area contributed by atoms with Crippen LogP contribution < -0.4 is 10.5 Å². The van der Waals surface area contributed by atoms with Crippen molar-refractivity contribution in [2.24, 2.45) is 0 Å². The summed E-state index contributed by atoms with van der Waals surface area (Å²) in [4.78, 5) is 12.8. The lowest BCUT2D eigenvalue weighted by Crippen LogP contribution is -2.05. The summed E-state index contributed by atoms with van der Waals surface area (Å²) in [5, 5.41) is 0.750. The number of anilines is 1. The Morgan fingerprint density at radius 3 is 2.71 bits per heavy atom. The third kappa shape index (κ3) is 2.16. The molecule has 0 bridgehead atoms. The van der Waals surface area contributed by atoms with Gasteiger partial charge in [0.2, 0.25) is 5.78 Å². The summed E-state index contributed by atoms with van der Waals surface area (Å²) in [6.45, 7) is 0. The molecule has 122 valence electrons. The number of carbonyl (C=O) groups excluding carboxylic acids is 1. The highest BCUT2D eigenvalue weighted by molar-refractivity contribution is 6.15. The van der Waals surface area contributed by atoms with Gasteiger partial charge in [-0.15, -0.1) is 0 Å². The summed E-state index contributed by atoms with van der Waals surface area (Å²) >= 11 is 0. The quantitative estimate of drug-likeness (QED) is 0.742. The van der Waals surface area contributed by atoms with Crippen molar-refractivity contribution in [3.8, 4) is 5.75 Å². The highest BCUT2D eigenvalue weighted by atomic mass is 19.1. The van der Waals surface area contributed by atoms with Gasteiger partial charge in [-0.1, -0.05) is 0 Å². The zero-order valence-corrected chi connectivity index (χ0v) is 13.2. The molecule has 0 aliphatic heterocycles. The van der Waals surface area contributed by atoms with E-state index in [0.29, 0.717) is 11.3 Å². The molecule has 3 aromatic rings. The summed E-state index contributed by atoms with van der Waals surface area (Å²) in [5.41, 5.74) is 9.81. The maximum Gasteiger partial charge on any atom is 0.234 e. The first-order chi connectivity index (χ1) is 11.6. The van der Waals surface area contributed by atoms with Crippen molar-refractivity contribution in [3.05, 3.63) is 58.6 Å². The minimum Gasteiger partial charge on any atom is -0.496 e. The van der Waals surface area contributed by atoms with Crippen LogP contribution in [0, 0.1) is 5.82 Å². The standard InChI is InChI=1S/C19H16FNO3/c1-23-15-9-12(20)5-6-13(15)18(22)19-17(21)14-7-10-3-2-4-11(10)8-16(14)24-19/h5-9H,2-4,21H2,1H3. The van der Waals surface area contributed by atoms with Crippen molar-refractivity contribution in [1.29, 1.82) is 0 Å². The molecule has 1 aliphatic rings. The molecule has 0 unspecified atom stereocenters. The Bertz CT molecular complexity index is 974. The number of halogens is 1. The maximum absolute atomic E-state index is 13.3. The molecule has 5 heteroatoms. The largest absolute Gasteiger partial charge is 0.496 e. The van der Waals surface area contributed by atoms with Gasteiger partial charge in [-0.3, -0.25) is 4.79 Å². The van der Waals surface area contributed by atoms with Gasteiger partial charge in [0.25, 0.3) is 0 Å². The van der Waals surface area contributed by atoms with E-state index in [0.717, 1.165) is 24.6 Å². The summed E-state index contributed by atoms with van der Waals surface area (Å²) in [6, 6.07) is 7.73. The van der Waals surface area contributed by atoms with Crippen LogP contribution in [-0.2, 0) is 12.8 Å². The molecule has 0 amide bonds. The van der Waals surface area contributed by atoms with Crippen molar-refractivity contribution < 1.29 is 18.3 Å². The zero-order valence-electron chi connectivity index (χ0n) is 13.2. The SMILES string of the molecule is COc1cc(F)ccc1C(=O)c1oc2cc3c(cc2c1N)CCC3. The van der Waals surface area contributed by atoms with Crippen molar-refractivity contribution in [2.75, 3.05) is 12.8 Å². The highest BCUT2D eigenvalue weighted by Gasteiger charge is 2.24. The number of methoxy groups -OCH3 is 1. The average Bonchev–Trinajstić information content (AvgIpc) is 3.16. The van der Waals surface area contributed by atoms with Gasteiger partial charge >= 0.3 is 0 Å². The van der Waals surface area contributed by atoms with Crippen LogP contribution in [-0.4, -0.2) is 12.9 Å². The fourth-order valence-corrected chi connectivity index (χ4v) is 3.33. The summed E-state index contributed by atoms with van der Waals surface area (Å²) in [5.74, 6) is -0.668. The predicted octanol–water partition coefficient (Wildman–Crippen LogP) is 3.88. The van der Waals surface area contributed by atoms with E-state index in [-0.39, 0.29) is 17.1 Å². The van der Waals surface area contributed by atoms with E-state index in [1.54, 1.807) is 0 Å². The first-order valence-corrected chi connectivity index (χ1v) is 7.80. The van der Waals surface area contributed by atoms with Gasteiger partial charge in [0.05, 0.1) is 18.4 Å². The van der Waals surface area contributed by atoms with Crippen LogP contribution in [0.1, 0.15) is 33.7 Å². The van der Waals surface area contributed by atoms with Crippen LogP contribution >= 0.6 is 0 Å². The number of furan rings is 1. The van der Waals surface area contributed by atoms with Gasteiger partial charge in [0.15, 0.2) is 5.76 Å². The molecule has 24 heavy (non-hydrogen) atoms. The number of aryl methyl sites for hydroxylation is 2. The van der Waals surface area contributed by atoms with Crippen LogP contribution in [0.3, 0.4) is 0 Å². The van der Waals surface area contributed by atoms with Gasteiger partial charge in [-0.25, -0.2) is 4.39 Å². The minimum atomic E-state index is -0.475. The summed E-state index contributed by atoms with van der Waals surface area (Å²) in [7, 11) is 1.39. The fraction of sp³-hybridized carbons (Fsp3) is 0.211. The molecule has 1 aromatic heterocycles. The molecular formula is C19H16FNO3. The van der Waals surface area contributed by atoms with E-state index in [4.69, 9.17) is 14.9 Å². The minimum absolute atomic E-state index is 0.0681. The number of rotatable bonds is 3. The van der Waals surface area contributed by atoms with Gasteiger partial charge in [-0.2, -0.15) is 0 Å². The number of ether oxygens (including phenoxy) is 1. The van der Waals surface area contributed by atoms with Crippen LogP contribution in [0.25, 0.3) is 11.0 Å². The summed E-state index contributed by atoms with van der Waals surface area (Å²) in [6.07, 6.45) is 3.16. The van der Waals surface area contributed by atoms with Crippen LogP contribution in [0.15, 0.2) is 34.7 Å². The second kappa shape index (κ2) is 5.37. The number of carbonyl (C=O) groups is 1. The molecule has 0 spiro atoms. The second-order valence-electron chi connectivity index (χ2n) is 5.99. The van der Waals surface area contributed by atoms with Crippen molar-refractivity contribution in [2.45, 2.75) is 19.3 Å². The highest BCUT2D eigenvalue weighted by Crippen LogP contribution is 2.36. The van der Waals surface area contributed by atoms with Crippen molar-refractivity contribution >= 4 is 22.4 Å². The Labute approximate surface area is 138 Å². The van der Waals surface area contributed by atoms with E-state index >= 15 is 0 Å². The molecule has 1 heterocycles. The van der Waals surface area contributed by atoms with Gasteiger partial charge in [0, 0.05) is 11.5 Å². The van der Waals surface area contributed by atoms with Gasteiger partial charge < -0.3 is 14.9 Å². The Balaban J connectivity index is 1.85. The zero-order chi connectivity index (χ0) is 16.8. The van der Waals surface area contributed by atoms with Crippen molar-refractivity contribution in [3.63, 3.8) is 0 Å². The molecule has 2 N–H and O–H groups in total. The predicted molar refractivity (Wildman–Crippen MR) is 89.0 cm³/mol. The van der Waals surface area contributed by atoms with Crippen LogP contribution in [0.4, 0.5) is 10.1 Å². The summed E-state index contributed by atoms with van der Waals surface area (Å²) < 4.78 is 24.2. The number of hydrogen-bond donors (Lipinski definition) is 1. The third-order valence-corrected chi connectivity index (χ3v) is 4.56. The number of benzene rings is 2. The Kier molecular flexibility index (Phi) is 3.30. The number of hydrogen-bond acceptors (Lipinski definition) is 4. The van der Waals surface area contributed by atoms with E-state index < -0.39 is 11.6 Å². The molecule has 1 aliphatic carbocycles. The normalized spacial score (nSPS) is 13.2. The average molecular weight is 325 g/mol. The number of fused-ring (bicyclic) bond motifs is 2. The molecule has 4 rings (SSSR count). The Hall–Kier alpha value is -2.82. The molecule has 4 nitrogen and oxygen atoms in total. The first-order valence-electron chi connectivity index (χ1n) is 7.80. The van der Waals surface area contributed by atoms with Gasteiger partial charge in [0.1, 0.15) is 17.1 Å². The topological polar surface area (TPSA) is 65.5 Å². The third-order valence-electron chi connectivity index (χ3n) is 4.56. The maximum atomic E-state index is 13.3. The molecule has 0 saturated carbocycles. The molecule has 0 radical (unpaired) electrons. The molecule has 0 fully saturated rings. The van der Waals surface area contributed by atoms with Gasteiger partial charge in [-0.05, 0) is 54.7 Å². The Morgan fingerprint density at radius 2 is 1.96 bits per heavy atom. The lowest BCUT2D eigenvalue weighted by Gasteiger charge is -2.06. The molecular weight excluding hydrogens is 309 g/mol. The Morgan fingerprint density at radius 1 is 1.21 bits per heavy atom. The smallest absolute Gasteiger partial charge is 0.234 e. The monoisotopic (exact) mass is 325 g/mol. The van der Waals surface area contributed by atoms with Crippen LogP contribution in [0.2, 0.25) is 0 Å². The van der Waals surface area contributed by atoms with E-state index in [9.17, 15) is 9.18 Å². The molecule has 2 aromatic carbocycles. The first kappa shape index (κ1) is 14.8. The number of ketones is 1. The lowest BCUT2D eigenvalue weighted by atomic mass is 10.0. The van der Waals surface area contributed by atoms with E-state index in [1.165, 1.54) is 36.4 Å². The van der Waals surface area contributed by atoms with Crippen molar-refractivity contribution in [1.82, 2.24) is 0 Å². The number of nitrogens with two attached hydrogens (primary N) is 1. The van der Waals surface area contributed by atoms with Crippen LogP contribution in [0.5, 0.6) is 5.75 Å².